The highest BCUT2D eigenvalue weighted by Gasteiger charge is 2.41. The first-order chi connectivity index (χ1) is 16.6. The van der Waals surface area contributed by atoms with Crippen molar-refractivity contribution in [3.63, 3.8) is 0 Å². The van der Waals surface area contributed by atoms with Crippen molar-refractivity contribution in [2.75, 3.05) is 6.61 Å². The van der Waals surface area contributed by atoms with Gasteiger partial charge in [0, 0.05) is 23.6 Å². The highest BCUT2D eigenvalue weighted by Crippen LogP contribution is 2.35. The van der Waals surface area contributed by atoms with Gasteiger partial charge in [0.15, 0.2) is 6.23 Å². The summed E-state index contributed by atoms with van der Waals surface area (Å²) < 4.78 is 14.3. The molecule has 0 bridgehead atoms. The summed E-state index contributed by atoms with van der Waals surface area (Å²) in [5.74, 6) is 0.552. The maximum atomic E-state index is 12.8. The summed E-state index contributed by atoms with van der Waals surface area (Å²) in [5.41, 5.74) is 3.20. The summed E-state index contributed by atoms with van der Waals surface area (Å²) in [5, 5.41) is 5.71. The van der Waals surface area contributed by atoms with E-state index in [1.807, 2.05) is 29.1 Å². The van der Waals surface area contributed by atoms with Gasteiger partial charge in [-0.3, -0.25) is 14.5 Å². The number of imide groups is 1. The monoisotopic (exact) mass is 459 g/mol. The second-order valence-corrected chi connectivity index (χ2v) is 9.61. The van der Waals surface area contributed by atoms with Crippen molar-refractivity contribution in [3.8, 4) is 5.75 Å². The average Bonchev–Trinajstić information content (AvgIpc) is 3.42. The van der Waals surface area contributed by atoms with E-state index in [2.05, 4.69) is 18.1 Å². The van der Waals surface area contributed by atoms with E-state index in [0.29, 0.717) is 11.1 Å². The molecular formula is C27H29N3O4. The summed E-state index contributed by atoms with van der Waals surface area (Å²) in [6.45, 7) is 2.87. The molecular weight excluding hydrogens is 430 g/mol. The Kier molecular flexibility index (Phi) is 5.37. The molecule has 34 heavy (non-hydrogen) atoms. The molecule has 2 aromatic carbocycles. The summed E-state index contributed by atoms with van der Waals surface area (Å²) in [4.78, 5) is 27.1. The normalized spacial score (nSPS) is 25.1. The van der Waals surface area contributed by atoms with E-state index in [4.69, 9.17) is 9.47 Å². The fourth-order valence-corrected chi connectivity index (χ4v) is 5.65. The molecule has 1 atom stereocenters. The summed E-state index contributed by atoms with van der Waals surface area (Å²) in [7, 11) is 0. The van der Waals surface area contributed by atoms with Gasteiger partial charge in [0.1, 0.15) is 5.75 Å². The topological polar surface area (TPSA) is 73.7 Å². The van der Waals surface area contributed by atoms with Gasteiger partial charge >= 0.3 is 0 Å². The summed E-state index contributed by atoms with van der Waals surface area (Å²) in [6.07, 6.45) is 8.39. The Labute approximate surface area is 198 Å². The Hall–Kier alpha value is -3.19. The molecule has 7 heteroatoms. The standard InChI is InChI=1S/C27H29N3O4/c1-17-22-16-28-30(25-8-4-5-15-33-25)23(22)13-14-24(17)34-19-11-9-18(10-12-19)29-26(31)20-6-2-3-7-21(20)27(29)32/h2-3,6-7,13-14,16,18-19,25H,4-5,8-12,15H2,1H3. The molecule has 3 aromatic rings. The van der Waals surface area contributed by atoms with E-state index >= 15 is 0 Å². The first-order valence-corrected chi connectivity index (χ1v) is 12.3. The summed E-state index contributed by atoms with van der Waals surface area (Å²) in [6, 6.07) is 11.1. The van der Waals surface area contributed by atoms with E-state index < -0.39 is 0 Å². The van der Waals surface area contributed by atoms with Gasteiger partial charge in [-0.05, 0) is 76.1 Å². The third kappa shape index (κ3) is 3.50. The van der Waals surface area contributed by atoms with Crippen LogP contribution in [-0.4, -0.2) is 45.2 Å². The van der Waals surface area contributed by atoms with Crippen molar-refractivity contribution in [2.24, 2.45) is 0 Å². The van der Waals surface area contributed by atoms with Gasteiger partial charge in [0.2, 0.25) is 0 Å². The molecule has 2 fully saturated rings. The number of fused-ring (bicyclic) bond motifs is 2. The molecule has 2 aliphatic heterocycles. The minimum Gasteiger partial charge on any atom is -0.490 e. The molecule has 1 aromatic heterocycles. The summed E-state index contributed by atoms with van der Waals surface area (Å²) >= 11 is 0. The van der Waals surface area contributed by atoms with Crippen molar-refractivity contribution >= 4 is 22.7 Å². The van der Waals surface area contributed by atoms with Crippen LogP contribution >= 0.6 is 0 Å². The quantitative estimate of drug-likeness (QED) is 0.512. The van der Waals surface area contributed by atoms with Crippen molar-refractivity contribution in [2.45, 2.75) is 70.2 Å². The molecule has 0 N–H and O–H groups in total. The van der Waals surface area contributed by atoms with Crippen LogP contribution in [0.25, 0.3) is 10.9 Å². The number of hydrogen-bond donors (Lipinski definition) is 0. The number of benzene rings is 2. The van der Waals surface area contributed by atoms with Crippen LogP contribution < -0.4 is 4.74 Å². The van der Waals surface area contributed by atoms with E-state index in [-0.39, 0.29) is 30.2 Å². The van der Waals surface area contributed by atoms with Gasteiger partial charge in [-0.1, -0.05) is 12.1 Å². The first-order valence-electron chi connectivity index (χ1n) is 12.3. The molecule has 2 amide bonds. The van der Waals surface area contributed by atoms with Crippen LogP contribution in [0, 0.1) is 6.92 Å². The van der Waals surface area contributed by atoms with Crippen LogP contribution in [0.2, 0.25) is 0 Å². The Bertz CT molecular complexity index is 1220. The van der Waals surface area contributed by atoms with Crippen molar-refractivity contribution < 1.29 is 19.1 Å². The molecule has 176 valence electrons. The van der Waals surface area contributed by atoms with E-state index in [1.165, 1.54) is 4.90 Å². The van der Waals surface area contributed by atoms with E-state index in [0.717, 1.165) is 73.8 Å². The molecule has 1 saturated heterocycles. The Balaban J connectivity index is 1.13. The SMILES string of the molecule is Cc1c(OC2CCC(N3C(=O)c4ccccc4C3=O)CC2)ccc2c1cnn2C1CCCCO1. The van der Waals surface area contributed by atoms with Crippen LogP contribution in [0.5, 0.6) is 5.75 Å². The number of carbonyl (C=O) groups excluding carboxylic acids is 2. The van der Waals surface area contributed by atoms with Crippen LogP contribution in [0.1, 0.15) is 77.5 Å². The maximum absolute atomic E-state index is 12.8. The molecule has 0 spiro atoms. The van der Waals surface area contributed by atoms with Gasteiger partial charge in [-0.15, -0.1) is 0 Å². The zero-order valence-electron chi connectivity index (χ0n) is 19.4. The number of nitrogens with zero attached hydrogens (tertiary/aromatic N) is 3. The average molecular weight is 460 g/mol. The highest BCUT2D eigenvalue weighted by atomic mass is 16.5. The third-order valence-electron chi connectivity index (χ3n) is 7.56. The lowest BCUT2D eigenvalue weighted by molar-refractivity contribution is -0.0366. The van der Waals surface area contributed by atoms with Gasteiger partial charge < -0.3 is 9.47 Å². The Morgan fingerprint density at radius 3 is 2.35 bits per heavy atom. The van der Waals surface area contributed by atoms with Crippen molar-refractivity contribution in [3.05, 3.63) is 59.3 Å². The fraction of sp³-hybridized carbons (Fsp3) is 0.444. The van der Waals surface area contributed by atoms with E-state index in [1.54, 1.807) is 12.1 Å². The lowest BCUT2D eigenvalue weighted by Gasteiger charge is -2.33. The maximum Gasteiger partial charge on any atom is 0.261 e. The second kappa shape index (κ2) is 8.55. The van der Waals surface area contributed by atoms with Crippen LogP contribution in [0.15, 0.2) is 42.6 Å². The van der Waals surface area contributed by atoms with Crippen molar-refractivity contribution in [1.29, 1.82) is 0 Å². The molecule has 1 aliphatic carbocycles. The smallest absolute Gasteiger partial charge is 0.261 e. The van der Waals surface area contributed by atoms with Crippen LogP contribution in [0.4, 0.5) is 0 Å². The predicted octanol–water partition coefficient (Wildman–Crippen LogP) is 5.03. The van der Waals surface area contributed by atoms with E-state index in [9.17, 15) is 9.59 Å². The lowest BCUT2D eigenvalue weighted by Crippen LogP contribution is -2.43. The van der Waals surface area contributed by atoms with Gasteiger partial charge in [-0.2, -0.15) is 5.10 Å². The molecule has 1 saturated carbocycles. The molecule has 3 aliphatic rings. The Morgan fingerprint density at radius 1 is 0.941 bits per heavy atom. The van der Waals surface area contributed by atoms with Gasteiger partial charge in [0.05, 0.1) is 28.9 Å². The molecule has 1 unspecified atom stereocenters. The number of rotatable bonds is 4. The molecule has 6 rings (SSSR count). The van der Waals surface area contributed by atoms with Crippen molar-refractivity contribution in [1.82, 2.24) is 14.7 Å². The lowest BCUT2D eigenvalue weighted by atomic mass is 9.91. The predicted molar refractivity (Wildman–Crippen MR) is 127 cm³/mol. The minimum absolute atomic E-state index is 0.00911. The fourth-order valence-electron chi connectivity index (χ4n) is 5.65. The molecule has 0 radical (unpaired) electrons. The number of carbonyl (C=O) groups is 2. The minimum atomic E-state index is -0.162. The first kappa shape index (κ1) is 21.4. The van der Waals surface area contributed by atoms with Gasteiger partial charge in [-0.25, -0.2) is 4.68 Å². The van der Waals surface area contributed by atoms with Crippen LogP contribution in [-0.2, 0) is 4.74 Å². The van der Waals surface area contributed by atoms with Gasteiger partial charge in [0.25, 0.3) is 11.8 Å². The zero-order valence-corrected chi connectivity index (χ0v) is 19.4. The Morgan fingerprint density at radius 2 is 1.68 bits per heavy atom. The molecule has 7 nitrogen and oxygen atoms in total. The number of amides is 2. The number of aromatic nitrogens is 2. The van der Waals surface area contributed by atoms with Crippen LogP contribution in [0.3, 0.4) is 0 Å². The zero-order chi connectivity index (χ0) is 23.2. The number of ether oxygens (including phenoxy) is 2. The largest absolute Gasteiger partial charge is 0.490 e. The third-order valence-corrected chi connectivity index (χ3v) is 7.56. The second-order valence-electron chi connectivity index (χ2n) is 9.61. The highest BCUT2D eigenvalue weighted by molar-refractivity contribution is 6.21. The number of hydrogen-bond acceptors (Lipinski definition) is 5. The number of aryl methyl sites for hydroxylation is 1. The molecule has 3 heterocycles.